The Morgan fingerprint density at radius 2 is 2.00 bits per heavy atom. The summed E-state index contributed by atoms with van der Waals surface area (Å²) in [6, 6.07) is 3.01. The molecule has 2 rings (SSSR count). The molecule has 2 N–H and O–H groups in total. The van der Waals surface area contributed by atoms with E-state index in [1.165, 1.54) is 25.7 Å². The zero-order valence-corrected chi connectivity index (χ0v) is 18.6. The number of benzene rings is 1. The number of esters is 1. The van der Waals surface area contributed by atoms with Gasteiger partial charge in [-0.2, -0.15) is 0 Å². The summed E-state index contributed by atoms with van der Waals surface area (Å²) in [6.07, 6.45) is 7.89. The maximum Gasteiger partial charge on any atom is 0.302 e. The average Bonchev–Trinajstić information content (AvgIpc) is 3.24. The number of ether oxygens (including phenoxy) is 2. The van der Waals surface area contributed by atoms with Crippen molar-refractivity contribution in [3.63, 3.8) is 0 Å². The smallest absolute Gasteiger partial charge is 0.302 e. The molecule has 7 heteroatoms. The Balaban J connectivity index is 1.89. The number of carbonyl (C=O) groups excluding carboxylic acids is 2. The molecule has 1 aliphatic heterocycles. The second kappa shape index (κ2) is 12.1. The van der Waals surface area contributed by atoms with E-state index in [0.29, 0.717) is 24.3 Å². The summed E-state index contributed by atoms with van der Waals surface area (Å²) in [5.41, 5.74) is 1.93. The first-order valence-electron chi connectivity index (χ1n) is 10.8. The van der Waals surface area contributed by atoms with Crippen LogP contribution in [-0.2, 0) is 20.7 Å². The Morgan fingerprint density at radius 3 is 2.61 bits per heavy atom. The summed E-state index contributed by atoms with van der Waals surface area (Å²) in [6.45, 7) is 4.26. The number of hydrogen-bond donors (Lipinski definition) is 2. The van der Waals surface area contributed by atoms with Crippen LogP contribution in [0.1, 0.15) is 57.9 Å². The molecule has 0 saturated heterocycles. The van der Waals surface area contributed by atoms with Crippen molar-refractivity contribution in [2.75, 3.05) is 13.7 Å². The molecular weight excluding hydrogens is 398 g/mol. The Bertz CT molecular complexity index is 830. The standard InChI is InChI=1S/C24H33NO6/c1-4-17(11-19-9-10-25-15-19)6-8-21(31-16(2)26)14-20(27)7-5-18-12-22(28)24(29)23(13-18)30-3/h9,12-13,15,17,21,28-29H,4-8,10-11,14H2,1-3H3/t17-,21-/m1/s1. The summed E-state index contributed by atoms with van der Waals surface area (Å²) in [5, 5.41) is 19.5. The molecule has 31 heavy (non-hydrogen) atoms. The number of phenolic OH excluding ortho intramolecular Hbond substituents is 2. The van der Waals surface area contributed by atoms with E-state index in [1.54, 1.807) is 6.07 Å². The average molecular weight is 432 g/mol. The molecule has 0 spiro atoms. The van der Waals surface area contributed by atoms with E-state index in [1.807, 2.05) is 6.21 Å². The van der Waals surface area contributed by atoms with Crippen molar-refractivity contribution in [2.24, 2.45) is 10.9 Å². The van der Waals surface area contributed by atoms with Gasteiger partial charge in [0.1, 0.15) is 11.9 Å². The number of Topliss-reactive ketones (excluding diaryl/α,β-unsaturated/α-hetero) is 1. The molecule has 0 bridgehead atoms. The molecule has 7 nitrogen and oxygen atoms in total. The molecular formula is C24H33NO6. The number of methoxy groups -OCH3 is 1. The van der Waals surface area contributed by atoms with E-state index in [4.69, 9.17) is 9.47 Å². The van der Waals surface area contributed by atoms with Crippen LogP contribution in [0.3, 0.4) is 0 Å². The summed E-state index contributed by atoms with van der Waals surface area (Å²) in [7, 11) is 1.40. The molecule has 1 aromatic rings. The third kappa shape index (κ3) is 8.07. The van der Waals surface area contributed by atoms with Gasteiger partial charge in [0, 0.05) is 26.0 Å². The highest BCUT2D eigenvalue weighted by Crippen LogP contribution is 2.36. The number of aryl methyl sites for hydroxylation is 1. The maximum atomic E-state index is 12.5. The van der Waals surface area contributed by atoms with Crippen molar-refractivity contribution in [3.8, 4) is 17.2 Å². The number of ketones is 1. The third-order valence-corrected chi connectivity index (χ3v) is 5.53. The third-order valence-electron chi connectivity index (χ3n) is 5.53. The van der Waals surface area contributed by atoms with Gasteiger partial charge in [0.15, 0.2) is 11.5 Å². The Labute approximate surface area is 183 Å². The van der Waals surface area contributed by atoms with Crippen molar-refractivity contribution in [1.82, 2.24) is 0 Å². The van der Waals surface area contributed by atoms with Gasteiger partial charge in [-0.15, -0.1) is 0 Å². The molecule has 2 atom stereocenters. The molecule has 1 heterocycles. The topological polar surface area (TPSA) is 105 Å². The van der Waals surface area contributed by atoms with Crippen LogP contribution in [0.4, 0.5) is 0 Å². The molecule has 0 radical (unpaired) electrons. The molecule has 0 fully saturated rings. The van der Waals surface area contributed by atoms with E-state index in [-0.39, 0.29) is 41.8 Å². The molecule has 0 aliphatic carbocycles. The Kier molecular flexibility index (Phi) is 9.56. The number of aromatic hydroxyl groups is 2. The molecule has 0 amide bonds. The minimum Gasteiger partial charge on any atom is -0.504 e. The summed E-state index contributed by atoms with van der Waals surface area (Å²) >= 11 is 0. The highest BCUT2D eigenvalue weighted by atomic mass is 16.5. The zero-order chi connectivity index (χ0) is 22.8. The second-order valence-corrected chi connectivity index (χ2v) is 7.97. The molecule has 1 aromatic carbocycles. The van der Waals surface area contributed by atoms with E-state index >= 15 is 0 Å². The predicted octanol–water partition coefficient (Wildman–Crippen LogP) is 4.14. The highest BCUT2D eigenvalue weighted by molar-refractivity contribution is 5.81. The Hall–Kier alpha value is -2.83. The van der Waals surface area contributed by atoms with Gasteiger partial charge in [-0.05, 0) is 54.9 Å². The minimum absolute atomic E-state index is 0.0172. The normalized spacial score (nSPS) is 14.7. The van der Waals surface area contributed by atoms with Gasteiger partial charge in [-0.25, -0.2) is 0 Å². The van der Waals surface area contributed by atoms with Gasteiger partial charge in [0.05, 0.1) is 13.7 Å². The lowest BCUT2D eigenvalue weighted by Crippen LogP contribution is -2.22. The number of rotatable bonds is 13. The SMILES string of the molecule is CC[C@H](CC[C@H](CC(=O)CCc1cc(O)c(O)c(OC)c1)OC(C)=O)CC1=CCN=C1. The molecule has 1 aliphatic rings. The first-order chi connectivity index (χ1) is 14.8. The zero-order valence-electron chi connectivity index (χ0n) is 18.6. The van der Waals surface area contributed by atoms with Gasteiger partial charge in [-0.3, -0.25) is 14.6 Å². The summed E-state index contributed by atoms with van der Waals surface area (Å²) < 4.78 is 10.4. The van der Waals surface area contributed by atoms with Crippen LogP contribution in [0.15, 0.2) is 28.8 Å². The van der Waals surface area contributed by atoms with Crippen LogP contribution in [0.25, 0.3) is 0 Å². The number of nitrogens with zero attached hydrogens (tertiary/aromatic N) is 1. The minimum atomic E-state index is -0.437. The summed E-state index contributed by atoms with van der Waals surface area (Å²) in [4.78, 5) is 28.3. The fourth-order valence-corrected chi connectivity index (χ4v) is 3.76. The quantitative estimate of drug-likeness (QED) is 0.359. The molecule has 0 unspecified atom stereocenters. The van der Waals surface area contributed by atoms with E-state index < -0.39 is 6.10 Å². The van der Waals surface area contributed by atoms with Gasteiger partial charge in [0.25, 0.3) is 0 Å². The van der Waals surface area contributed by atoms with Crippen LogP contribution in [0, 0.1) is 5.92 Å². The lowest BCUT2D eigenvalue weighted by molar-refractivity contribution is -0.148. The van der Waals surface area contributed by atoms with Gasteiger partial charge in [0.2, 0.25) is 5.75 Å². The lowest BCUT2D eigenvalue weighted by atomic mass is 9.90. The maximum absolute atomic E-state index is 12.5. The van der Waals surface area contributed by atoms with Gasteiger partial charge >= 0.3 is 5.97 Å². The van der Waals surface area contributed by atoms with Crippen LogP contribution < -0.4 is 4.74 Å². The summed E-state index contributed by atoms with van der Waals surface area (Å²) in [5.74, 6) is -0.393. The number of carbonyl (C=O) groups is 2. The first-order valence-corrected chi connectivity index (χ1v) is 10.8. The first kappa shape index (κ1) is 24.4. The van der Waals surface area contributed by atoms with Gasteiger partial charge in [-0.1, -0.05) is 19.4 Å². The highest BCUT2D eigenvalue weighted by Gasteiger charge is 2.20. The van der Waals surface area contributed by atoms with Crippen LogP contribution in [0.5, 0.6) is 17.2 Å². The van der Waals surface area contributed by atoms with Crippen LogP contribution in [-0.4, -0.2) is 47.9 Å². The monoisotopic (exact) mass is 431 g/mol. The van der Waals surface area contributed by atoms with E-state index in [2.05, 4.69) is 18.0 Å². The lowest BCUT2D eigenvalue weighted by Gasteiger charge is -2.20. The van der Waals surface area contributed by atoms with Crippen LogP contribution >= 0.6 is 0 Å². The predicted molar refractivity (Wildman–Crippen MR) is 119 cm³/mol. The van der Waals surface area contributed by atoms with Crippen molar-refractivity contribution < 1.29 is 29.3 Å². The van der Waals surface area contributed by atoms with Crippen molar-refractivity contribution in [2.45, 2.75) is 64.9 Å². The number of allylic oxidation sites excluding steroid dienone is 1. The number of hydrogen-bond acceptors (Lipinski definition) is 7. The Morgan fingerprint density at radius 1 is 1.23 bits per heavy atom. The van der Waals surface area contributed by atoms with E-state index in [9.17, 15) is 19.8 Å². The molecule has 170 valence electrons. The molecule has 0 aromatic heterocycles. The fraction of sp³-hybridized carbons (Fsp3) is 0.542. The molecule has 0 saturated carbocycles. The second-order valence-electron chi connectivity index (χ2n) is 7.97. The van der Waals surface area contributed by atoms with E-state index in [0.717, 1.165) is 25.8 Å². The number of aliphatic imine (C=N–C) groups is 1. The fourth-order valence-electron chi connectivity index (χ4n) is 3.76. The van der Waals surface area contributed by atoms with Crippen molar-refractivity contribution in [3.05, 3.63) is 29.3 Å². The largest absolute Gasteiger partial charge is 0.504 e. The van der Waals surface area contributed by atoms with Crippen LogP contribution in [0.2, 0.25) is 0 Å². The van der Waals surface area contributed by atoms with Crippen molar-refractivity contribution >= 4 is 18.0 Å². The van der Waals surface area contributed by atoms with Gasteiger partial charge < -0.3 is 19.7 Å². The number of phenols is 2. The van der Waals surface area contributed by atoms with Crippen molar-refractivity contribution in [1.29, 1.82) is 0 Å².